The first-order valence-electron chi connectivity index (χ1n) is 10.9. The molecule has 1 aromatic heterocycles. The molecule has 7 heteroatoms. The van der Waals surface area contributed by atoms with Crippen LogP contribution in [0.15, 0.2) is 101 Å². The van der Waals surface area contributed by atoms with Gasteiger partial charge in [-0.05, 0) is 65.8 Å². The predicted molar refractivity (Wildman–Crippen MR) is 142 cm³/mol. The number of hydrogen-bond donors (Lipinski definition) is 2. The van der Waals surface area contributed by atoms with Gasteiger partial charge in [0, 0.05) is 22.9 Å². The molecule has 172 valence electrons. The van der Waals surface area contributed by atoms with Gasteiger partial charge in [0.15, 0.2) is 10.7 Å². The molecule has 5 aromatic rings. The molecule has 0 unspecified atom stereocenters. The number of nitrogens with one attached hydrogen (secondary N) is 2. The Morgan fingerprint density at radius 1 is 0.857 bits per heavy atom. The molecule has 0 saturated carbocycles. The number of methoxy groups -OCH3 is 1. The van der Waals surface area contributed by atoms with Crippen molar-refractivity contribution < 1.29 is 13.9 Å². The van der Waals surface area contributed by atoms with Crippen LogP contribution < -0.4 is 15.4 Å². The Hall–Kier alpha value is -4.49. The van der Waals surface area contributed by atoms with Crippen molar-refractivity contribution in [2.24, 2.45) is 0 Å². The highest BCUT2D eigenvalue weighted by molar-refractivity contribution is 7.80. The van der Waals surface area contributed by atoms with Crippen molar-refractivity contribution in [3.63, 3.8) is 0 Å². The van der Waals surface area contributed by atoms with Gasteiger partial charge in [-0.25, -0.2) is 4.98 Å². The number of anilines is 1. The summed E-state index contributed by atoms with van der Waals surface area (Å²) in [6.07, 6.45) is 0. The summed E-state index contributed by atoms with van der Waals surface area (Å²) in [5.74, 6) is 0.903. The molecule has 0 spiro atoms. The summed E-state index contributed by atoms with van der Waals surface area (Å²) in [5.41, 5.74) is 5.50. The lowest BCUT2D eigenvalue weighted by Crippen LogP contribution is -2.34. The van der Waals surface area contributed by atoms with Crippen molar-refractivity contribution in [2.45, 2.75) is 0 Å². The van der Waals surface area contributed by atoms with Crippen molar-refractivity contribution in [1.29, 1.82) is 0 Å². The molecule has 35 heavy (non-hydrogen) atoms. The number of carbonyl (C=O) groups is 1. The molecule has 0 radical (unpaired) electrons. The van der Waals surface area contributed by atoms with E-state index in [4.69, 9.17) is 21.4 Å². The molecule has 2 N–H and O–H groups in total. The molecule has 1 heterocycles. The summed E-state index contributed by atoms with van der Waals surface area (Å²) in [5, 5.41) is 5.97. The van der Waals surface area contributed by atoms with E-state index in [1.807, 2.05) is 84.9 Å². The van der Waals surface area contributed by atoms with Crippen LogP contribution in [0, 0.1) is 0 Å². The van der Waals surface area contributed by atoms with Crippen LogP contribution >= 0.6 is 12.2 Å². The van der Waals surface area contributed by atoms with E-state index in [2.05, 4.69) is 15.6 Å². The Labute approximate surface area is 207 Å². The first kappa shape index (κ1) is 22.3. The largest absolute Gasteiger partial charge is 0.497 e. The predicted octanol–water partition coefficient (Wildman–Crippen LogP) is 6.30. The molecule has 0 bridgehead atoms. The molecule has 0 atom stereocenters. The van der Waals surface area contributed by atoms with Gasteiger partial charge in [-0.2, -0.15) is 0 Å². The van der Waals surface area contributed by atoms with Gasteiger partial charge in [0.2, 0.25) is 5.89 Å². The number of oxazole rings is 1. The number of rotatable bonds is 5. The average molecular weight is 480 g/mol. The SMILES string of the molecule is COc1ccc2oc(-c3cccc(NC(=S)NC(=O)c4ccc(-c5ccccc5)cc4)c3)nc2c1. The number of ether oxygens (including phenoxy) is 1. The standard InChI is InChI=1S/C28H21N3O3S/c1-33-23-14-15-25-24(17-23)30-27(34-25)21-8-5-9-22(16-21)29-28(35)31-26(32)20-12-10-19(11-13-20)18-6-3-2-4-7-18/h2-17H,1H3,(H2,29,31,32,35). The van der Waals surface area contributed by atoms with Crippen LogP contribution in [0.1, 0.15) is 10.4 Å². The van der Waals surface area contributed by atoms with E-state index in [0.29, 0.717) is 34.0 Å². The van der Waals surface area contributed by atoms with E-state index in [1.165, 1.54) is 0 Å². The lowest BCUT2D eigenvalue weighted by atomic mass is 10.0. The molecule has 4 aromatic carbocycles. The summed E-state index contributed by atoms with van der Waals surface area (Å²) in [4.78, 5) is 17.2. The minimum absolute atomic E-state index is 0.196. The van der Waals surface area contributed by atoms with Crippen LogP contribution in [0.25, 0.3) is 33.7 Å². The van der Waals surface area contributed by atoms with Gasteiger partial charge < -0.3 is 14.5 Å². The first-order chi connectivity index (χ1) is 17.1. The second-order valence-corrected chi connectivity index (χ2v) is 8.19. The number of hydrogen-bond acceptors (Lipinski definition) is 5. The smallest absolute Gasteiger partial charge is 0.257 e. The maximum Gasteiger partial charge on any atom is 0.257 e. The van der Waals surface area contributed by atoms with E-state index < -0.39 is 0 Å². The van der Waals surface area contributed by atoms with E-state index in [0.717, 1.165) is 16.7 Å². The zero-order chi connectivity index (χ0) is 24.2. The van der Waals surface area contributed by atoms with E-state index in [1.54, 1.807) is 19.2 Å². The third-order valence-electron chi connectivity index (χ3n) is 5.44. The Kier molecular flexibility index (Phi) is 6.24. The fourth-order valence-electron chi connectivity index (χ4n) is 3.67. The van der Waals surface area contributed by atoms with Crippen LogP contribution in [0.5, 0.6) is 5.75 Å². The molecule has 0 aliphatic carbocycles. The summed E-state index contributed by atoms with van der Waals surface area (Å²) in [7, 11) is 1.61. The van der Waals surface area contributed by atoms with E-state index in [9.17, 15) is 4.79 Å². The molecule has 0 aliphatic rings. The van der Waals surface area contributed by atoms with Crippen LogP contribution in [0.2, 0.25) is 0 Å². The van der Waals surface area contributed by atoms with Crippen LogP contribution in [0.3, 0.4) is 0 Å². The third kappa shape index (κ3) is 5.05. The Morgan fingerprint density at radius 3 is 2.37 bits per heavy atom. The van der Waals surface area contributed by atoms with Gasteiger partial charge in [0.1, 0.15) is 11.3 Å². The van der Waals surface area contributed by atoms with Crippen molar-refractivity contribution in [2.75, 3.05) is 12.4 Å². The molecule has 6 nitrogen and oxygen atoms in total. The highest BCUT2D eigenvalue weighted by Crippen LogP contribution is 2.28. The minimum atomic E-state index is -0.286. The van der Waals surface area contributed by atoms with Crippen molar-refractivity contribution in [1.82, 2.24) is 10.3 Å². The summed E-state index contributed by atoms with van der Waals surface area (Å²) >= 11 is 5.36. The first-order valence-corrected chi connectivity index (χ1v) is 11.3. The molecule has 5 rings (SSSR count). The molecular formula is C28H21N3O3S. The maximum atomic E-state index is 12.7. The van der Waals surface area contributed by atoms with Crippen molar-refractivity contribution in [3.8, 4) is 28.3 Å². The van der Waals surface area contributed by atoms with Crippen molar-refractivity contribution >= 4 is 40.0 Å². The van der Waals surface area contributed by atoms with Gasteiger partial charge in [0.05, 0.1) is 7.11 Å². The van der Waals surface area contributed by atoms with Crippen LogP contribution in [0.4, 0.5) is 5.69 Å². The molecule has 1 amide bonds. The Morgan fingerprint density at radius 2 is 1.60 bits per heavy atom. The summed E-state index contributed by atoms with van der Waals surface area (Å²) < 4.78 is 11.1. The van der Waals surface area contributed by atoms with Gasteiger partial charge in [0.25, 0.3) is 5.91 Å². The second kappa shape index (κ2) is 9.79. The fraction of sp³-hybridized carbons (Fsp3) is 0.0357. The zero-order valence-electron chi connectivity index (χ0n) is 18.8. The van der Waals surface area contributed by atoms with E-state index >= 15 is 0 Å². The number of thiocarbonyl (C=S) groups is 1. The summed E-state index contributed by atoms with van der Waals surface area (Å²) in [6.45, 7) is 0. The lowest BCUT2D eigenvalue weighted by molar-refractivity contribution is 0.0977. The second-order valence-electron chi connectivity index (χ2n) is 7.79. The number of aromatic nitrogens is 1. The third-order valence-corrected chi connectivity index (χ3v) is 5.65. The summed E-state index contributed by atoms with van der Waals surface area (Å²) in [6, 6.07) is 30.3. The highest BCUT2D eigenvalue weighted by Gasteiger charge is 2.12. The van der Waals surface area contributed by atoms with Crippen LogP contribution in [-0.4, -0.2) is 23.1 Å². The normalized spacial score (nSPS) is 10.7. The monoisotopic (exact) mass is 479 g/mol. The maximum absolute atomic E-state index is 12.7. The molecule has 0 saturated heterocycles. The van der Waals surface area contributed by atoms with E-state index in [-0.39, 0.29) is 11.0 Å². The molecule has 0 aliphatic heterocycles. The zero-order valence-corrected chi connectivity index (χ0v) is 19.6. The average Bonchev–Trinajstić information content (AvgIpc) is 3.33. The lowest BCUT2D eigenvalue weighted by Gasteiger charge is -2.10. The number of amides is 1. The van der Waals surface area contributed by atoms with Crippen LogP contribution in [-0.2, 0) is 0 Å². The Balaban J connectivity index is 1.26. The molecule has 0 fully saturated rings. The van der Waals surface area contributed by atoms with Gasteiger partial charge in [-0.3, -0.25) is 10.1 Å². The fourth-order valence-corrected chi connectivity index (χ4v) is 3.88. The van der Waals surface area contributed by atoms with Gasteiger partial charge in [-0.1, -0.05) is 48.5 Å². The number of fused-ring (bicyclic) bond motifs is 1. The highest BCUT2D eigenvalue weighted by atomic mass is 32.1. The van der Waals surface area contributed by atoms with Gasteiger partial charge >= 0.3 is 0 Å². The number of carbonyl (C=O) groups excluding carboxylic acids is 1. The van der Waals surface area contributed by atoms with Crippen molar-refractivity contribution in [3.05, 3.63) is 103 Å². The number of benzene rings is 4. The Bertz CT molecular complexity index is 1510. The molecular weight excluding hydrogens is 458 g/mol. The van der Waals surface area contributed by atoms with Gasteiger partial charge in [-0.15, -0.1) is 0 Å². The number of nitrogens with zero attached hydrogens (tertiary/aromatic N) is 1. The minimum Gasteiger partial charge on any atom is -0.497 e. The quantitative estimate of drug-likeness (QED) is 0.288. The topological polar surface area (TPSA) is 76.4 Å².